The predicted octanol–water partition coefficient (Wildman–Crippen LogP) is 1.87. The maximum absolute atomic E-state index is 11.1. The fourth-order valence-corrected chi connectivity index (χ4v) is 1.25. The topological polar surface area (TPSA) is 67.0 Å². The smallest absolute Gasteiger partial charge is 0.407 e. The molecule has 0 unspecified atom stereocenters. The number of carbonyl (C=O) groups excluding carboxylic acids is 1. The lowest BCUT2D eigenvalue weighted by Crippen LogP contribution is -2.25. The van der Waals surface area contributed by atoms with E-state index in [2.05, 4.69) is 22.2 Å². The zero-order valence-corrected chi connectivity index (χ0v) is 9.66. The molecule has 0 saturated heterocycles. The minimum absolute atomic E-state index is 0.321. The van der Waals surface area contributed by atoms with Gasteiger partial charge in [-0.25, -0.2) is 9.78 Å². The molecule has 0 fully saturated rings. The van der Waals surface area contributed by atoms with Crippen LogP contribution in [-0.2, 0) is 11.2 Å². The molecular weight excluding hydrogens is 206 g/mol. The average Bonchev–Trinajstić information content (AvgIpc) is 2.78. The van der Waals surface area contributed by atoms with Crippen molar-refractivity contribution in [1.29, 1.82) is 0 Å². The molecule has 0 spiro atoms. The molecule has 0 aliphatic heterocycles. The molecule has 1 aromatic heterocycles. The Morgan fingerprint density at radius 1 is 1.56 bits per heavy atom. The quantitative estimate of drug-likeness (QED) is 0.696. The lowest BCUT2D eigenvalue weighted by atomic mass is 10.2. The predicted molar refractivity (Wildman–Crippen MR) is 61.2 cm³/mol. The van der Waals surface area contributed by atoms with Gasteiger partial charge in [0.05, 0.1) is 12.9 Å². The molecule has 1 amide bonds. The van der Waals surface area contributed by atoms with Gasteiger partial charge < -0.3 is 15.0 Å². The molecule has 1 aromatic rings. The summed E-state index contributed by atoms with van der Waals surface area (Å²) in [5, 5.41) is 2.71. The van der Waals surface area contributed by atoms with E-state index in [9.17, 15) is 4.79 Å². The Kier molecular flexibility index (Phi) is 6.06. The summed E-state index contributed by atoms with van der Waals surface area (Å²) in [6, 6.07) is 0. The summed E-state index contributed by atoms with van der Waals surface area (Å²) in [7, 11) is 0. The van der Waals surface area contributed by atoms with Crippen LogP contribution in [0.25, 0.3) is 0 Å². The zero-order valence-electron chi connectivity index (χ0n) is 9.66. The first-order chi connectivity index (χ1) is 7.83. The third kappa shape index (κ3) is 5.38. The highest BCUT2D eigenvalue weighted by atomic mass is 16.5. The van der Waals surface area contributed by atoms with E-state index in [4.69, 9.17) is 4.74 Å². The Bertz CT molecular complexity index is 285. The number of rotatable bonds is 7. The molecule has 0 aliphatic carbocycles. The summed E-state index contributed by atoms with van der Waals surface area (Å²) in [6.07, 6.45) is 6.84. The molecule has 0 atom stereocenters. The number of hydrogen-bond donors (Lipinski definition) is 2. The maximum atomic E-state index is 11.1. The van der Waals surface area contributed by atoms with E-state index in [-0.39, 0.29) is 6.09 Å². The van der Waals surface area contributed by atoms with Crippen molar-refractivity contribution >= 4 is 6.09 Å². The number of H-pyrrole nitrogens is 1. The van der Waals surface area contributed by atoms with Crippen molar-refractivity contribution in [1.82, 2.24) is 15.3 Å². The van der Waals surface area contributed by atoms with Crippen LogP contribution in [0.15, 0.2) is 12.5 Å². The normalized spacial score (nSPS) is 10.1. The molecule has 0 aliphatic rings. The molecule has 1 rings (SSSR count). The number of unbranched alkanes of at least 4 members (excludes halogenated alkanes) is 1. The molecule has 1 heterocycles. The van der Waals surface area contributed by atoms with Gasteiger partial charge in [0.25, 0.3) is 0 Å². The van der Waals surface area contributed by atoms with Crippen LogP contribution < -0.4 is 5.32 Å². The van der Waals surface area contributed by atoms with E-state index in [1.807, 2.05) is 0 Å². The van der Waals surface area contributed by atoms with E-state index in [1.165, 1.54) is 0 Å². The first-order valence-electron chi connectivity index (χ1n) is 5.70. The molecule has 5 heteroatoms. The number of aromatic nitrogens is 2. The molecule has 5 nitrogen and oxygen atoms in total. The highest BCUT2D eigenvalue weighted by Crippen LogP contribution is 1.95. The number of carbonyl (C=O) groups is 1. The fourth-order valence-electron chi connectivity index (χ4n) is 1.25. The van der Waals surface area contributed by atoms with Crippen LogP contribution in [0.1, 0.15) is 31.9 Å². The number of hydrogen-bond acceptors (Lipinski definition) is 3. The summed E-state index contributed by atoms with van der Waals surface area (Å²) in [5.41, 5.74) is 1.08. The molecule has 0 aromatic carbocycles. The van der Waals surface area contributed by atoms with Crippen molar-refractivity contribution in [2.45, 2.75) is 32.6 Å². The van der Waals surface area contributed by atoms with Gasteiger partial charge in [-0.05, 0) is 19.3 Å². The van der Waals surface area contributed by atoms with Gasteiger partial charge in [0.2, 0.25) is 0 Å². The third-order valence-electron chi connectivity index (χ3n) is 2.18. The first kappa shape index (κ1) is 12.5. The Balaban J connectivity index is 1.96. The van der Waals surface area contributed by atoms with Crippen LogP contribution in [-0.4, -0.2) is 29.2 Å². The summed E-state index contributed by atoms with van der Waals surface area (Å²) < 4.78 is 4.95. The summed E-state index contributed by atoms with van der Waals surface area (Å²) in [6.45, 7) is 3.19. The SMILES string of the molecule is CCCCOC(=O)NCCCc1cnc[nH]1. The summed E-state index contributed by atoms with van der Waals surface area (Å²) in [4.78, 5) is 18.1. The van der Waals surface area contributed by atoms with Gasteiger partial charge >= 0.3 is 6.09 Å². The molecule has 0 saturated carbocycles. The van der Waals surface area contributed by atoms with Crippen molar-refractivity contribution in [3.8, 4) is 0 Å². The minimum Gasteiger partial charge on any atom is -0.450 e. The van der Waals surface area contributed by atoms with Crippen LogP contribution in [0.2, 0.25) is 0 Å². The average molecular weight is 225 g/mol. The number of aryl methyl sites for hydroxylation is 1. The van der Waals surface area contributed by atoms with Crippen molar-refractivity contribution in [3.05, 3.63) is 18.2 Å². The number of imidazole rings is 1. The van der Waals surface area contributed by atoms with Crippen LogP contribution in [0.5, 0.6) is 0 Å². The van der Waals surface area contributed by atoms with Gasteiger partial charge in [-0.15, -0.1) is 0 Å². The van der Waals surface area contributed by atoms with Crippen LogP contribution >= 0.6 is 0 Å². The van der Waals surface area contributed by atoms with E-state index in [0.29, 0.717) is 13.2 Å². The standard InChI is InChI=1S/C11H19N3O2/c1-2-3-7-16-11(15)13-6-4-5-10-8-12-9-14-10/h8-9H,2-7H2,1H3,(H,12,14)(H,13,15). The molecule has 2 N–H and O–H groups in total. The number of amides is 1. The van der Waals surface area contributed by atoms with Gasteiger partial charge in [-0.3, -0.25) is 0 Å². The van der Waals surface area contributed by atoms with E-state index in [0.717, 1.165) is 31.4 Å². The number of alkyl carbamates (subject to hydrolysis) is 1. The van der Waals surface area contributed by atoms with Gasteiger partial charge in [0, 0.05) is 18.4 Å². The van der Waals surface area contributed by atoms with Gasteiger partial charge in [-0.1, -0.05) is 13.3 Å². The van der Waals surface area contributed by atoms with Crippen molar-refractivity contribution in [2.75, 3.05) is 13.2 Å². The Hall–Kier alpha value is -1.52. The lowest BCUT2D eigenvalue weighted by Gasteiger charge is -2.05. The second-order valence-electron chi connectivity index (χ2n) is 3.60. The van der Waals surface area contributed by atoms with Crippen molar-refractivity contribution < 1.29 is 9.53 Å². The molecule has 0 radical (unpaired) electrons. The number of nitrogens with one attached hydrogen (secondary N) is 2. The number of ether oxygens (including phenoxy) is 1. The number of nitrogens with zero attached hydrogens (tertiary/aromatic N) is 1. The second kappa shape index (κ2) is 7.73. The third-order valence-corrected chi connectivity index (χ3v) is 2.18. The van der Waals surface area contributed by atoms with E-state index < -0.39 is 0 Å². The first-order valence-corrected chi connectivity index (χ1v) is 5.70. The summed E-state index contributed by atoms with van der Waals surface area (Å²) in [5.74, 6) is 0. The van der Waals surface area contributed by atoms with Crippen LogP contribution in [0, 0.1) is 0 Å². The van der Waals surface area contributed by atoms with Gasteiger partial charge in [-0.2, -0.15) is 0 Å². The highest BCUT2D eigenvalue weighted by Gasteiger charge is 2.00. The van der Waals surface area contributed by atoms with Crippen LogP contribution in [0.3, 0.4) is 0 Å². The zero-order chi connectivity index (χ0) is 11.6. The Morgan fingerprint density at radius 2 is 2.44 bits per heavy atom. The Morgan fingerprint density at radius 3 is 3.12 bits per heavy atom. The number of aromatic amines is 1. The Labute approximate surface area is 95.6 Å². The van der Waals surface area contributed by atoms with Gasteiger partial charge in [0.15, 0.2) is 0 Å². The van der Waals surface area contributed by atoms with E-state index >= 15 is 0 Å². The molecular formula is C11H19N3O2. The molecule has 16 heavy (non-hydrogen) atoms. The monoisotopic (exact) mass is 225 g/mol. The van der Waals surface area contributed by atoms with Crippen molar-refractivity contribution in [3.63, 3.8) is 0 Å². The van der Waals surface area contributed by atoms with E-state index in [1.54, 1.807) is 12.5 Å². The fraction of sp³-hybridized carbons (Fsp3) is 0.636. The largest absolute Gasteiger partial charge is 0.450 e. The van der Waals surface area contributed by atoms with Crippen molar-refractivity contribution in [2.24, 2.45) is 0 Å². The highest BCUT2D eigenvalue weighted by molar-refractivity contribution is 5.66. The molecule has 0 bridgehead atoms. The molecule has 90 valence electrons. The maximum Gasteiger partial charge on any atom is 0.407 e. The summed E-state index contributed by atoms with van der Waals surface area (Å²) >= 11 is 0. The lowest BCUT2D eigenvalue weighted by molar-refractivity contribution is 0.144. The second-order valence-corrected chi connectivity index (χ2v) is 3.60. The van der Waals surface area contributed by atoms with Gasteiger partial charge in [0.1, 0.15) is 0 Å². The van der Waals surface area contributed by atoms with Crippen LogP contribution in [0.4, 0.5) is 4.79 Å². The minimum atomic E-state index is -0.321.